The molecule has 0 aliphatic carbocycles. The molecular formula is C19H17ClFN3O. The van der Waals surface area contributed by atoms with Crippen LogP contribution in [0.5, 0.6) is 5.75 Å². The predicted octanol–water partition coefficient (Wildman–Crippen LogP) is 4.47. The number of hydrogen-bond donors (Lipinski definition) is 0. The zero-order chi connectivity index (χ0) is 17.2. The van der Waals surface area contributed by atoms with Crippen LogP contribution in [0.3, 0.4) is 0 Å². The van der Waals surface area contributed by atoms with Crippen LogP contribution < -0.4 is 9.64 Å². The molecule has 1 aliphatic rings. The third-order valence-corrected chi connectivity index (χ3v) is 4.67. The second-order valence-corrected chi connectivity index (χ2v) is 6.55. The van der Waals surface area contributed by atoms with Crippen molar-refractivity contribution in [1.29, 1.82) is 0 Å². The third kappa shape index (κ3) is 3.51. The zero-order valence-electron chi connectivity index (χ0n) is 13.5. The molecule has 0 unspecified atom stereocenters. The number of rotatable bonds is 3. The number of halogens is 2. The van der Waals surface area contributed by atoms with Gasteiger partial charge in [-0.1, -0.05) is 11.6 Å². The number of nitrogens with zero attached hydrogens (tertiary/aromatic N) is 3. The van der Waals surface area contributed by atoms with Crippen LogP contribution in [-0.2, 0) is 0 Å². The van der Waals surface area contributed by atoms with E-state index < -0.39 is 0 Å². The van der Waals surface area contributed by atoms with Crippen molar-refractivity contribution in [1.82, 2.24) is 9.97 Å². The molecule has 0 amide bonds. The molecule has 2 heterocycles. The Morgan fingerprint density at radius 1 is 1.04 bits per heavy atom. The van der Waals surface area contributed by atoms with Crippen LogP contribution in [0.4, 0.5) is 10.2 Å². The Hall–Kier alpha value is -2.40. The molecular weight excluding hydrogens is 341 g/mol. The molecule has 0 bridgehead atoms. The molecule has 0 radical (unpaired) electrons. The summed E-state index contributed by atoms with van der Waals surface area (Å²) in [5.41, 5.74) is 0.849. The van der Waals surface area contributed by atoms with E-state index in [-0.39, 0.29) is 11.9 Å². The van der Waals surface area contributed by atoms with Crippen molar-refractivity contribution < 1.29 is 9.13 Å². The van der Waals surface area contributed by atoms with Gasteiger partial charge in [0, 0.05) is 36.3 Å². The van der Waals surface area contributed by atoms with Gasteiger partial charge in [0.25, 0.3) is 0 Å². The number of fused-ring (bicyclic) bond motifs is 1. The van der Waals surface area contributed by atoms with Gasteiger partial charge < -0.3 is 9.64 Å². The topological polar surface area (TPSA) is 38.2 Å². The number of hydrogen-bond acceptors (Lipinski definition) is 4. The average Bonchev–Trinajstić information content (AvgIpc) is 2.63. The maximum atomic E-state index is 13.0. The van der Waals surface area contributed by atoms with Crippen molar-refractivity contribution >= 4 is 28.3 Å². The smallest absolute Gasteiger partial charge is 0.139 e. The Labute approximate surface area is 150 Å². The Kier molecular flexibility index (Phi) is 4.40. The van der Waals surface area contributed by atoms with Gasteiger partial charge in [-0.15, -0.1) is 0 Å². The maximum Gasteiger partial charge on any atom is 0.139 e. The van der Waals surface area contributed by atoms with Crippen LogP contribution in [0.1, 0.15) is 12.8 Å². The fourth-order valence-electron chi connectivity index (χ4n) is 3.16. The molecule has 25 heavy (non-hydrogen) atoms. The summed E-state index contributed by atoms with van der Waals surface area (Å²) in [5.74, 6) is 1.39. The van der Waals surface area contributed by atoms with Crippen molar-refractivity contribution in [2.45, 2.75) is 18.9 Å². The van der Waals surface area contributed by atoms with Gasteiger partial charge in [0.15, 0.2) is 0 Å². The quantitative estimate of drug-likeness (QED) is 0.693. The molecule has 1 fully saturated rings. The first kappa shape index (κ1) is 16.1. The molecule has 6 heteroatoms. The molecule has 3 aromatic rings. The highest BCUT2D eigenvalue weighted by Gasteiger charge is 2.23. The zero-order valence-corrected chi connectivity index (χ0v) is 14.3. The lowest BCUT2D eigenvalue weighted by molar-refractivity contribution is 0.170. The molecule has 0 N–H and O–H groups in total. The highest BCUT2D eigenvalue weighted by Crippen LogP contribution is 2.28. The van der Waals surface area contributed by atoms with Crippen molar-refractivity contribution in [2.75, 3.05) is 18.0 Å². The Bertz CT molecular complexity index is 879. The fraction of sp³-hybridized carbons (Fsp3) is 0.263. The van der Waals surface area contributed by atoms with Crippen LogP contribution in [-0.4, -0.2) is 29.2 Å². The summed E-state index contributed by atoms with van der Waals surface area (Å²) in [7, 11) is 0. The molecule has 4 rings (SSSR count). The molecule has 0 spiro atoms. The van der Waals surface area contributed by atoms with Gasteiger partial charge in [-0.2, -0.15) is 0 Å². The minimum Gasteiger partial charge on any atom is -0.490 e. The molecule has 0 atom stereocenters. The molecule has 128 valence electrons. The second kappa shape index (κ2) is 6.84. The summed E-state index contributed by atoms with van der Waals surface area (Å²) < 4.78 is 18.9. The van der Waals surface area contributed by atoms with Gasteiger partial charge in [0.2, 0.25) is 0 Å². The van der Waals surface area contributed by atoms with E-state index >= 15 is 0 Å². The molecule has 1 saturated heterocycles. The standard InChI is InChI=1S/C19H17ClFN3O/c20-13-1-6-17-18(11-13)22-12-23-19(17)24-9-7-16(8-10-24)25-15-4-2-14(21)3-5-15/h1-6,11-12,16H,7-10H2. The minimum atomic E-state index is -0.252. The van der Waals surface area contributed by atoms with Crippen LogP contribution >= 0.6 is 11.6 Å². The van der Waals surface area contributed by atoms with Gasteiger partial charge in [0.1, 0.15) is 29.8 Å². The van der Waals surface area contributed by atoms with Crippen LogP contribution in [0, 0.1) is 5.82 Å². The van der Waals surface area contributed by atoms with Gasteiger partial charge in [0.05, 0.1) is 5.52 Å². The molecule has 1 aliphatic heterocycles. The predicted molar refractivity (Wildman–Crippen MR) is 96.8 cm³/mol. The van der Waals surface area contributed by atoms with E-state index in [1.165, 1.54) is 12.1 Å². The van der Waals surface area contributed by atoms with E-state index in [0.29, 0.717) is 10.8 Å². The lowest BCUT2D eigenvalue weighted by atomic mass is 10.1. The van der Waals surface area contributed by atoms with E-state index in [1.807, 2.05) is 18.2 Å². The first-order valence-electron chi connectivity index (χ1n) is 8.26. The highest BCUT2D eigenvalue weighted by molar-refractivity contribution is 6.31. The van der Waals surface area contributed by atoms with Gasteiger partial charge >= 0.3 is 0 Å². The second-order valence-electron chi connectivity index (χ2n) is 6.12. The number of anilines is 1. The summed E-state index contributed by atoms with van der Waals surface area (Å²) in [6, 6.07) is 11.9. The van der Waals surface area contributed by atoms with E-state index in [1.54, 1.807) is 18.5 Å². The van der Waals surface area contributed by atoms with Gasteiger partial charge in [-0.3, -0.25) is 0 Å². The van der Waals surface area contributed by atoms with Crippen molar-refractivity contribution in [3.8, 4) is 5.75 Å². The number of piperidine rings is 1. The van der Waals surface area contributed by atoms with E-state index in [9.17, 15) is 4.39 Å². The van der Waals surface area contributed by atoms with Crippen LogP contribution in [0.25, 0.3) is 10.9 Å². The summed E-state index contributed by atoms with van der Waals surface area (Å²) >= 11 is 6.05. The normalized spacial score (nSPS) is 15.5. The van der Waals surface area contributed by atoms with Crippen molar-refractivity contribution in [3.63, 3.8) is 0 Å². The minimum absolute atomic E-state index is 0.129. The number of ether oxygens (including phenoxy) is 1. The first-order valence-corrected chi connectivity index (χ1v) is 8.64. The number of benzene rings is 2. The molecule has 4 nitrogen and oxygen atoms in total. The summed E-state index contributed by atoms with van der Waals surface area (Å²) in [6.07, 6.45) is 3.48. The van der Waals surface area contributed by atoms with Gasteiger partial charge in [-0.25, -0.2) is 14.4 Å². The molecule has 0 saturated carbocycles. The molecule has 1 aromatic heterocycles. The van der Waals surface area contributed by atoms with E-state index in [2.05, 4.69) is 14.9 Å². The lowest BCUT2D eigenvalue weighted by Gasteiger charge is -2.33. The maximum absolute atomic E-state index is 13.0. The van der Waals surface area contributed by atoms with Gasteiger partial charge in [-0.05, 0) is 42.5 Å². The Morgan fingerprint density at radius 2 is 1.80 bits per heavy atom. The summed E-state index contributed by atoms with van der Waals surface area (Å²) in [4.78, 5) is 11.0. The lowest BCUT2D eigenvalue weighted by Crippen LogP contribution is -2.38. The number of aromatic nitrogens is 2. The SMILES string of the molecule is Fc1ccc(OC2CCN(c3ncnc4cc(Cl)ccc34)CC2)cc1. The van der Waals surface area contributed by atoms with Crippen LogP contribution in [0.2, 0.25) is 5.02 Å². The molecule has 2 aromatic carbocycles. The van der Waals surface area contributed by atoms with E-state index in [4.69, 9.17) is 16.3 Å². The average molecular weight is 358 g/mol. The van der Waals surface area contributed by atoms with Crippen molar-refractivity contribution in [2.24, 2.45) is 0 Å². The first-order chi connectivity index (χ1) is 12.2. The van der Waals surface area contributed by atoms with Crippen LogP contribution in [0.15, 0.2) is 48.8 Å². The monoisotopic (exact) mass is 357 g/mol. The van der Waals surface area contributed by atoms with Crippen molar-refractivity contribution in [3.05, 3.63) is 59.6 Å². The fourth-order valence-corrected chi connectivity index (χ4v) is 3.33. The van der Waals surface area contributed by atoms with E-state index in [0.717, 1.165) is 42.7 Å². The largest absolute Gasteiger partial charge is 0.490 e. The Balaban J connectivity index is 1.46. The summed E-state index contributed by atoms with van der Waals surface area (Å²) in [6.45, 7) is 1.70. The summed E-state index contributed by atoms with van der Waals surface area (Å²) in [5, 5.41) is 1.67. The Morgan fingerprint density at radius 3 is 2.56 bits per heavy atom. The highest BCUT2D eigenvalue weighted by atomic mass is 35.5. The third-order valence-electron chi connectivity index (χ3n) is 4.44.